The van der Waals surface area contributed by atoms with E-state index >= 15 is 0 Å². The van der Waals surface area contributed by atoms with Crippen LogP contribution >= 0.6 is 0 Å². The molecule has 0 bridgehead atoms. The highest BCUT2D eigenvalue weighted by Crippen LogP contribution is 2.27. The molecule has 0 atom stereocenters. The summed E-state index contributed by atoms with van der Waals surface area (Å²) >= 11 is 0. The summed E-state index contributed by atoms with van der Waals surface area (Å²) in [6.45, 7) is 5.52. The van der Waals surface area contributed by atoms with E-state index in [0.717, 1.165) is 16.7 Å². The summed E-state index contributed by atoms with van der Waals surface area (Å²) in [5.41, 5.74) is 3.24. The summed E-state index contributed by atoms with van der Waals surface area (Å²) in [5.74, 6) is -0.837. The molecule has 4 nitrogen and oxygen atoms in total. The second-order valence-corrected chi connectivity index (χ2v) is 4.03. The first-order valence-corrected chi connectivity index (χ1v) is 5.27. The van der Waals surface area contributed by atoms with Crippen LogP contribution in [0.2, 0.25) is 0 Å². The third-order valence-electron chi connectivity index (χ3n) is 2.58. The molecule has 88 valence electrons. The van der Waals surface area contributed by atoms with E-state index in [-0.39, 0.29) is 5.76 Å². The van der Waals surface area contributed by atoms with Crippen LogP contribution in [0.4, 0.5) is 0 Å². The molecule has 2 aromatic rings. The van der Waals surface area contributed by atoms with Crippen LogP contribution < -0.4 is 0 Å². The van der Waals surface area contributed by atoms with Gasteiger partial charge in [0.05, 0.1) is 0 Å². The zero-order chi connectivity index (χ0) is 12.6. The average molecular weight is 231 g/mol. The Kier molecular flexibility index (Phi) is 2.71. The molecule has 0 saturated heterocycles. The Balaban J connectivity index is 2.67. The molecule has 1 aromatic carbocycles. The van der Waals surface area contributed by atoms with E-state index in [1.807, 2.05) is 32.0 Å². The van der Waals surface area contributed by atoms with Gasteiger partial charge in [-0.25, -0.2) is 9.78 Å². The number of hydrogen-bond donors (Lipinski definition) is 1. The average Bonchev–Trinajstić information content (AvgIpc) is 2.64. The molecule has 1 N–H and O–H groups in total. The Morgan fingerprint density at radius 1 is 1.29 bits per heavy atom. The van der Waals surface area contributed by atoms with Gasteiger partial charge >= 0.3 is 5.97 Å². The molecule has 1 heterocycles. The van der Waals surface area contributed by atoms with Crippen LogP contribution in [0.15, 0.2) is 22.6 Å². The summed E-state index contributed by atoms with van der Waals surface area (Å²) in [6, 6.07) is 5.84. The van der Waals surface area contributed by atoms with Gasteiger partial charge in [0.25, 0.3) is 0 Å². The summed E-state index contributed by atoms with van der Waals surface area (Å²) in [5, 5.41) is 9.07. The highest BCUT2D eigenvalue weighted by molar-refractivity contribution is 5.92. The van der Waals surface area contributed by atoms with Crippen LogP contribution in [0, 0.1) is 20.8 Å². The van der Waals surface area contributed by atoms with Crippen molar-refractivity contribution in [1.29, 1.82) is 0 Å². The maximum atomic E-state index is 11.1. The van der Waals surface area contributed by atoms with E-state index < -0.39 is 5.97 Å². The fourth-order valence-corrected chi connectivity index (χ4v) is 1.75. The van der Waals surface area contributed by atoms with Crippen molar-refractivity contribution in [3.63, 3.8) is 0 Å². The zero-order valence-corrected chi connectivity index (χ0v) is 9.94. The minimum Gasteiger partial charge on any atom is -0.475 e. The first-order chi connectivity index (χ1) is 7.99. The highest BCUT2D eigenvalue weighted by Gasteiger charge is 2.20. The highest BCUT2D eigenvalue weighted by atomic mass is 16.4. The summed E-state index contributed by atoms with van der Waals surface area (Å²) in [4.78, 5) is 15.2. The third-order valence-corrected chi connectivity index (χ3v) is 2.58. The fraction of sp³-hybridized carbons (Fsp3) is 0.231. The van der Waals surface area contributed by atoms with Gasteiger partial charge < -0.3 is 9.52 Å². The van der Waals surface area contributed by atoms with E-state index in [1.54, 1.807) is 6.92 Å². The van der Waals surface area contributed by atoms with Crippen LogP contribution in [-0.4, -0.2) is 16.1 Å². The van der Waals surface area contributed by atoms with Crippen molar-refractivity contribution in [3.8, 4) is 11.3 Å². The standard InChI is InChI=1S/C13H13NO3/c1-7-4-5-8(2)10(6-7)11-12(13(15)16)17-9(3)14-11/h4-6H,1-3H3,(H,15,16). The minimum atomic E-state index is -1.10. The molecule has 0 saturated carbocycles. The zero-order valence-electron chi connectivity index (χ0n) is 9.94. The number of rotatable bonds is 2. The second-order valence-electron chi connectivity index (χ2n) is 4.03. The lowest BCUT2D eigenvalue weighted by molar-refractivity contribution is 0.0662. The number of oxazole rings is 1. The van der Waals surface area contributed by atoms with Gasteiger partial charge in [0.15, 0.2) is 5.89 Å². The number of carboxylic acid groups (broad SMARTS) is 1. The third kappa shape index (κ3) is 2.06. The molecule has 0 unspecified atom stereocenters. The van der Waals surface area contributed by atoms with Gasteiger partial charge in [0.2, 0.25) is 5.76 Å². The molecule has 17 heavy (non-hydrogen) atoms. The smallest absolute Gasteiger partial charge is 0.374 e. The summed E-state index contributed by atoms with van der Waals surface area (Å²) < 4.78 is 5.11. The Morgan fingerprint density at radius 2 is 2.00 bits per heavy atom. The predicted molar refractivity (Wildman–Crippen MR) is 63.1 cm³/mol. The number of benzene rings is 1. The lowest BCUT2D eigenvalue weighted by Gasteiger charge is -2.04. The first kappa shape index (κ1) is 11.4. The van der Waals surface area contributed by atoms with E-state index in [4.69, 9.17) is 9.52 Å². The molecule has 0 aliphatic heterocycles. The predicted octanol–water partition coefficient (Wildman–Crippen LogP) is 2.97. The van der Waals surface area contributed by atoms with Crippen molar-refractivity contribution in [2.24, 2.45) is 0 Å². The summed E-state index contributed by atoms with van der Waals surface area (Å²) in [6.07, 6.45) is 0. The number of hydrogen-bond acceptors (Lipinski definition) is 3. The van der Waals surface area contributed by atoms with E-state index in [9.17, 15) is 4.79 Å². The van der Waals surface area contributed by atoms with Crippen molar-refractivity contribution in [2.45, 2.75) is 20.8 Å². The van der Waals surface area contributed by atoms with Crippen LogP contribution in [0.1, 0.15) is 27.6 Å². The Labute approximate surface area is 98.9 Å². The van der Waals surface area contributed by atoms with Gasteiger partial charge in [-0.2, -0.15) is 0 Å². The van der Waals surface area contributed by atoms with Crippen molar-refractivity contribution in [1.82, 2.24) is 4.98 Å². The van der Waals surface area contributed by atoms with E-state index in [2.05, 4.69) is 4.98 Å². The number of aromatic carboxylic acids is 1. The normalized spacial score (nSPS) is 10.5. The SMILES string of the molecule is Cc1ccc(C)c(-c2nc(C)oc2C(=O)O)c1. The molecule has 0 radical (unpaired) electrons. The van der Waals surface area contributed by atoms with Gasteiger partial charge in [-0.15, -0.1) is 0 Å². The van der Waals surface area contributed by atoms with E-state index in [1.165, 1.54) is 0 Å². The monoisotopic (exact) mass is 231 g/mol. The van der Waals surface area contributed by atoms with Crippen LogP contribution in [0.3, 0.4) is 0 Å². The molecule has 0 aliphatic carbocycles. The molecule has 0 amide bonds. The second kappa shape index (κ2) is 4.05. The van der Waals surface area contributed by atoms with Gasteiger partial charge in [0, 0.05) is 12.5 Å². The van der Waals surface area contributed by atoms with Crippen molar-refractivity contribution < 1.29 is 14.3 Å². The van der Waals surface area contributed by atoms with Gasteiger partial charge in [-0.05, 0) is 25.5 Å². The van der Waals surface area contributed by atoms with Crippen LogP contribution in [0.25, 0.3) is 11.3 Å². The number of aryl methyl sites for hydroxylation is 3. The Hall–Kier alpha value is -2.10. The number of nitrogens with zero attached hydrogens (tertiary/aromatic N) is 1. The van der Waals surface area contributed by atoms with Crippen molar-refractivity contribution in [2.75, 3.05) is 0 Å². The minimum absolute atomic E-state index is 0.101. The maximum absolute atomic E-state index is 11.1. The number of carboxylic acids is 1. The topological polar surface area (TPSA) is 63.3 Å². The van der Waals surface area contributed by atoms with Gasteiger partial charge in [-0.3, -0.25) is 0 Å². The summed E-state index contributed by atoms with van der Waals surface area (Å²) in [7, 11) is 0. The Bertz CT molecular complexity index is 584. The molecule has 2 rings (SSSR count). The molecular weight excluding hydrogens is 218 g/mol. The van der Waals surface area contributed by atoms with Crippen molar-refractivity contribution in [3.05, 3.63) is 41.0 Å². The van der Waals surface area contributed by atoms with Gasteiger partial charge in [-0.1, -0.05) is 17.7 Å². The fourth-order valence-electron chi connectivity index (χ4n) is 1.75. The quantitative estimate of drug-likeness (QED) is 0.863. The largest absolute Gasteiger partial charge is 0.475 e. The lowest BCUT2D eigenvalue weighted by atomic mass is 10.0. The van der Waals surface area contributed by atoms with Crippen LogP contribution in [-0.2, 0) is 0 Å². The molecular formula is C13H13NO3. The molecule has 4 heteroatoms. The first-order valence-electron chi connectivity index (χ1n) is 5.27. The molecule has 0 spiro atoms. The maximum Gasteiger partial charge on any atom is 0.374 e. The van der Waals surface area contributed by atoms with Crippen molar-refractivity contribution >= 4 is 5.97 Å². The molecule has 0 fully saturated rings. The molecule has 0 aliphatic rings. The lowest BCUT2D eigenvalue weighted by Crippen LogP contribution is -1.98. The number of carbonyl (C=O) groups is 1. The Morgan fingerprint density at radius 3 is 2.65 bits per heavy atom. The van der Waals surface area contributed by atoms with Gasteiger partial charge in [0.1, 0.15) is 5.69 Å². The number of aromatic nitrogens is 1. The van der Waals surface area contributed by atoms with Crippen LogP contribution in [0.5, 0.6) is 0 Å². The molecule has 1 aromatic heterocycles. The van der Waals surface area contributed by atoms with E-state index in [0.29, 0.717) is 11.6 Å².